The summed E-state index contributed by atoms with van der Waals surface area (Å²) in [5, 5.41) is 4.17. The van der Waals surface area contributed by atoms with Gasteiger partial charge >= 0.3 is 0 Å². The quantitative estimate of drug-likeness (QED) is 0.590. The number of hydrogen-bond donors (Lipinski definition) is 2. The van der Waals surface area contributed by atoms with Crippen LogP contribution in [0.5, 0.6) is 5.75 Å². The normalized spacial score (nSPS) is 12.3. The van der Waals surface area contributed by atoms with Gasteiger partial charge in [-0.15, -0.1) is 0 Å². The van der Waals surface area contributed by atoms with E-state index in [0.29, 0.717) is 13.0 Å². The molecule has 1 aromatic heterocycles. The Hall–Kier alpha value is -1.92. The summed E-state index contributed by atoms with van der Waals surface area (Å²) >= 11 is 0. The molecule has 0 fully saturated rings. The van der Waals surface area contributed by atoms with Crippen LogP contribution in [0.4, 0.5) is 0 Å². The van der Waals surface area contributed by atoms with Crippen molar-refractivity contribution < 1.29 is 4.74 Å². The zero-order chi connectivity index (χ0) is 14.4. The molecule has 0 radical (unpaired) electrons. The van der Waals surface area contributed by atoms with Crippen molar-refractivity contribution >= 4 is 0 Å². The maximum absolute atomic E-state index is 5.67. The summed E-state index contributed by atoms with van der Waals surface area (Å²) in [4.78, 5) is 4.28. The van der Waals surface area contributed by atoms with Crippen molar-refractivity contribution in [1.82, 2.24) is 20.2 Å². The lowest BCUT2D eigenvalue weighted by Gasteiger charge is -2.16. The van der Waals surface area contributed by atoms with E-state index < -0.39 is 0 Å². The minimum atomic E-state index is 0.000163. The monoisotopic (exact) mass is 275 g/mol. The highest BCUT2D eigenvalue weighted by Gasteiger charge is 2.14. The third-order valence-corrected chi connectivity index (χ3v) is 3.18. The largest absolute Gasteiger partial charge is 0.494 e. The minimum Gasteiger partial charge on any atom is -0.494 e. The van der Waals surface area contributed by atoms with Crippen LogP contribution < -0.4 is 16.0 Å². The van der Waals surface area contributed by atoms with Crippen molar-refractivity contribution in [2.45, 2.75) is 32.9 Å². The second-order valence-corrected chi connectivity index (χ2v) is 4.42. The first-order chi connectivity index (χ1) is 9.78. The number of aryl methyl sites for hydroxylation is 1. The molecule has 0 aliphatic rings. The molecular formula is C14H21N5O. The van der Waals surface area contributed by atoms with Crippen LogP contribution in [0.2, 0.25) is 0 Å². The maximum atomic E-state index is 5.67. The molecule has 0 bridgehead atoms. The van der Waals surface area contributed by atoms with Crippen LogP contribution in [-0.2, 0) is 13.0 Å². The molecule has 2 aromatic rings. The molecule has 6 nitrogen and oxygen atoms in total. The lowest BCUT2D eigenvalue weighted by Crippen LogP contribution is -2.30. The molecule has 1 aromatic carbocycles. The van der Waals surface area contributed by atoms with Gasteiger partial charge in [0.25, 0.3) is 0 Å². The molecule has 6 heteroatoms. The zero-order valence-electron chi connectivity index (χ0n) is 11.9. The van der Waals surface area contributed by atoms with E-state index in [9.17, 15) is 0 Å². The van der Waals surface area contributed by atoms with E-state index in [2.05, 4.69) is 15.5 Å². The third-order valence-electron chi connectivity index (χ3n) is 3.18. The molecule has 0 saturated carbocycles. The lowest BCUT2D eigenvalue weighted by molar-refractivity contribution is 0.340. The van der Waals surface area contributed by atoms with Gasteiger partial charge in [-0.3, -0.25) is 16.0 Å². The SMILES string of the molecule is CCOc1ccc(C(Cc2ncnn2CC)NN)cc1. The van der Waals surface area contributed by atoms with Crippen molar-refractivity contribution in [2.75, 3.05) is 6.61 Å². The fourth-order valence-electron chi connectivity index (χ4n) is 2.13. The van der Waals surface area contributed by atoms with Crippen LogP contribution >= 0.6 is 0 Å². The first-order valence-corrected chi connectivity index (χ1v) is 6.84. The van der Waals surface area contributed by atoms with E-state index >= 15 is 0 Å². The summed E-state index contributed by atoms with van der Waals surface area (Å²) in [6.07, 6.45) is 2.27. The first-order valence-electron chi connectivity index (χ1n) is 6.84. The smallest absolute Gasteiger partial charge is 0.138 e. The summed E-state index contributed by atoms with van der Waals surface area (Å²) in [6.45, 7) is 5.48. The molecule has 2 rings (SSSR count). The first kappa shape index (κ1) is 14.5. The summed E-state index contributed by atoms with van der Waals surface area (Å²) < 4.78 is 7.31. The fraction of sp³-hybridized carbons (Fsp3) is 0.429. The van der Waals surface area contributed by atoms with Crippen molar-refractivity contribution in [2.24, 2.45) is 5.84 Å². The van der Waals surface area contributed by atoms with Gasteiger partial charge in [0.1, 0.15) is 17.9 Å². The molecule has 1 atom stereocenters. The molecule has 20 heavy (non-hydrogen) atoms. The van der Waals surface area contributed by atoms with Crippen LogP contribution in [-0.4, -0.2) is 21.4 Å². The zero-order valence-corrected chi connectivity index (χ0v) is 11.9. The fourth-order valence-corrected chi connectivity index (χ4v) is 2.13. The number of hydrazine groups is 1. The van der Waals surface area contributed by atoms with Crippen molar-refractivity contribution in [3.8, 4) is 5.75 Å². The number of rotatable bonds is 7. The second kappa shape index (κ2) is 7.02. The summed E-state index contributed by atoms with van der Waals surface area (Å²) in [5.41, 5.74) is 3.94. The molecule has 1 heterocycles. The van der Waals surface area contributed by atoms with Crippen LogP contribution in [0.3, 0.4) is 0 Å². The number of hydrogen-bond acceptors (Lipinski definition) is 5. The van der Waals surface area contributed by atoms with Crippen molar-refractivity contribution in [1.29, 1.82) is 0 Å². The summed E-state index contributed by atoms with van der Waals surface area (Å²) in [7, 11) is 0. The van der Waals surface area contributed by atoms with Gasteiger partial charge in [-0.2, -0.15) is 5.10 Å². The van der Waals surface area contributed by atoms with E-state index in [4.69, 9.17) is 10.6 Å². The molecule has 3 N–H and O–H groups in total. The topological polar surface area (TPSA) is 78.0 Å². The number of nitrogens with one attached hydrogen (secondary N) is 1. The van der Waals surface area contributed by atoms with Gasteiger partial charge < -0.3 is 4.74 Å². The van der Waals surface area contributed by atoms with Crippen LogP contribution in [0.25, 0.3) is 0 Å². The van der Waals surface area contributed by atoms with Gasteiger partial charge in [0.15, 0.2) is 0 Å². The standard InChI is InChI=1S/C14H21N5O/c1-3-19-14(16-10-17-19)9-13(18-15)11-5-7-12(8-6-11)20-4-2/h5-8,10,13,18H,3-4,9,15H2,1-2H3. The van der Waals surface area contributed by atoms with Gasteiger partial charge in [0.05, 0.1) is 12.6 Å². The van der Waals surface area contributed by atoms with Crippen LogP contribution in [0.1, 0.15) is 31.3 Å². The minimum absolute atomic E-state index is 0.000163. The van der Waals surface area contributed by atoms with Gasteiger partial charge in [-0.1, -0.05) is 12.1 Å². The predicted molar refractivity (Wildman–Crippen MR) is 77.1 cm³/mol. The molecule has 0 aliphatic carbocycles. The number of ether oxygens (including phenoxy) is 1. The number of nitrogens with zero attached hydrogens (tertiary/aromatic N) is 3. The Bertz CT molecular complexity index is 523. The predicted octanol–water partition coefficient (Wildman–Crippen LogP) is 1.44. The van der Waals surface area contributed by atoms with Crippen LogP contribution in [0.15, 0.2) is 30.6 Å². The van der Waals surface area contributed by atoms with E-state index in [-0.39, 0.29) is 6.04 Å². The molecule has 0 amide bonds. The average molecular weight is 275 g/mol. The Kier molecular flexibility index (Phi) is 5.09. The van der Waals surface area contributed by atoms with Gasteiger partial charge in [-0.25, -0.2) is 4.98 Å². The van der Waals surface area contributed by atoms with E-state index in [1.165, 1.54) is 0 Å². The Labute approximate surface area is 118 Å². The molecule has 0 aliphatic heterocycles. The second-order valence-electron chi connectivity index (χ2n) is 4.42. The highest BCUT2D eigenvalue weighted by atomic mass is 16.5. The van der Waals surface area contributed by atoms with Crippen LogP contribution in [0, 0.1) is 0 Å². The van der Waals surface area contributed by atoms with Gasteiger partial charge in [0.2, 0.25) is 0 Å². The summed E-state index contributed by atoms with van der Waals surface area (Å²) in [6, 6.07) is 7.94. The number of nitrogens with two attached hydrogens (primary N) is 1. The third kappa shape index (κ3) is 3.34. The molecule has 108 valence electrons. The lowest BCUT2D eigenvalue weighted by atomic mass is 10.0. The Morgan fingerprint density at radius 3 is 2.65 bits per heavy atom. The van der Waals surface area contributed by atoms with E-state index in [1.807, 2.05) is 42.8 Å². The van der Waals surface area contributed by atoms with Crippen molar-refractivity contribution in [3.05, 3.63) is 42.0 Å². The molecule has 0 saturated heterocycles. The van der Waals surface area contributed by atoms with E-state index in [0.717, 1.165) is 23.7 Å². The molecule has 1 unspecified atom stereocenters. The number of aromatic nitrogens is 3. The molecular weight excluding hydrogens is 254 g/mol. The Morgan fingerprint density at radius 2 is 2.05 bits per heavy atom. The van der Waals surface area contributed by atoms with Gasteiger partial charge in [0, 0.05) is 13.0 Å². The van der Waals surface area contributed by atoms with Gasteiger partial charge in [-0.05, 0) is 31.5 Å². The Balaban J connectivity index is 2.11. The molecule has 0 spiro atoms. The number of benzene rings is 1. The highest BCUT2D eigenvalue weighted by molar-refractivity contribution is 5.29. The Morgan fingerprint density at radius 1 is 1.30 bits per heavy atom. The summed E-state index contributed by atoms with van der Waals surface area (Å²) in [5.74, 6) is 7.46. The van der Waals surface area contributed by atoms with Crippen molar-refractivity contribution in [3.63, 3.8) is 0 Å². The maximum Gasteiger partial charge on any atom is 0.138 e. The van der Waals surface area contributed by atoms with E-state index in [1.54, 1.807) is 6.33 Å². The average Bonchev–Trinajstić information content (AvgIpc) is 2.93. The highest BCUT2D eigenvalue weighted by Crippen LogP contribution is 2.20.